The van der Waals surface area contributed by atoms with Crippen LogP contribution in [0, 0.1) is 46.3 Å². The summed E-state index contributed by atoms with van der Waals surface area (Å²) in [5.74, 6) is 5.39. The highest BCUT2D eigenvalue weighted by Gasteiger charge is 2.60. The van der Waals surface area contributed by atoms with E-state index in [2.05, 4.69) is 39.9 Å². The standard InChI is InChI=1S/C32H60N2O3S/c1-8-10-23(3)27-13-14-28-26-12-11-24-22-25(15-18-31(24,4)29(26)16-19-32(27,28)5)33-20-17-30(38(35,36)37)34(6,7)21-9-2/h23-30,33H,8-22H2,1-7H3/p+1/t23-,24?,25?,26?,27-,28?,29?,30?,31+,32-/m1/s1. The van der Waals surface area contributed by atoms with Crippen LogP contribution in [0.25, 0.3) is 0 Å². The van der Waals surface area contributed by atoms with Crippen molar-refractivity contribution < 1.29 is 17.5 Å². The van der Waals surface area contributed by atoms with E-state index in [-0.39, 0.29) is 0 Å². The Bertz CT molecular complexity index is 906. The van der Waals surface area contributed by atoms with Gasteiger partial charge in [-0.3, -0.25) is 4.55 Å². The lowest BCUT2D eigenvalue weighted by Crippen LogP contribution is -2.56. The van der Waals surface area contributed by atoms with Gasteiger partial charge in [-0.15, -0.1) is 0 Å². The van der Waals surface area contributed by atoms with Crippen molar-refractivity contribution in [3.05, 3.63) is 0 Å². The first kappa shape index (κ1) is 30.8. The Morgan fingerprint density at radius 3 is 2.26 bits per heavy atom. The second-order valence-corrected chi connectivity index (χ2v) is 16.9. The molecule has 2 N–H and O–H groups in total. The molecule has 6 heteroatoms. The summed E-state index contributed by atoms with van der Waals surface area (Å²) in [5, 5.41) is 2.99. The predicted molar refractivity (Wildman–Crippen MR) is 158 cm³/mol. The lowest BCUT2D eigenvalue weighted by molar-refractivity contribution is -0.901. The minimum Gasteiger partial charge on any atom is -0.314 e. The van der Waals surface area contributed by atoms with Crippen molar-refractivity contribution in [1.82, 2.24) is 5.32 Å². The van der Waals surface area contributed by atoms with Crippen LogP contribution in [0.5, 0.6) is 0 Å². The van der Waals surface area contributed by atoms with Gasteiger partial charge in [-0.2, -0.15) is 8.42 Å². The van der Waals surface area contributed by atoms with Crippen LogP contribution in [0.3, 0.4) is 0 Å². The molecular weight excluding hydrogens is 492 g/mol. The Balaban J connectivity index is 1.36. The van der Waals surface area contributed by atoms with E-state index in [1.165, 1.54) is 70.6 Å². The predicted octanol–water partition coefficient (Wildman–Crippen LogP) is 7.13. The van der Waals surface area contributed by atoms with Gasteiger partial charge in [0.2, 0.25) is 5.37 Å². The Hall–Kier alpha value is -0.170. The molecule has 0 spiro atoms. The van der Waals surface area contributed by atoms with Crippen molar-refractivity contribution >= 4 is 10.1 Å². The molecule has 0 heterocycles. The van der Waals surface area contributed by atoms with Crippen LogP contribution >= 0.6 is 0 Å². The van der Waals surface area contributed by atoms with Gasteiger partial charge in [-0.05, 0) is 111 Å². The van der Waals surface area contributed by atoms with Gasteiger partial charge in [0, 0.05) is 19.0 Å². The molecule has 0 amide bonds. The SMILES string of the molecule is CCC[C@@H](C)[C@H]1CCC2C3CCC4CC(NCCC([N+](C)(C)CCC)S(=O)(=O)O)CC[C@]4(C)C3CC[C@@]21C. The Morgan fingerprint density at radius 2 is 1.61 bits per heavy atom. The van der Waals surface area contributed by atoms with Gasteiger partial charge >= 0.3 is 10.1 Å². The maximum absolute atomic E-state index is 12.2. The zero-order valence-corrected chi connectivity index (χ0v) is 26.7. The second-order valence-electron chi connectivity index (χ2n) is 15.3. The Kier molecular flexibility index (Phi) is 9.40. The van der Waals surface area contributed by atoms with E-state index in [0.29, 0.717) is 34.3 Å². The number of hydrogen-bond acceptors (Lipinski definition) is 3. The quantitative estimate of drug-likeness (QED) is 0.211. The van der Waals surface area contributed by atoms with Gasteiger partial charge in [0.1, 0.15) is 0 Å². The first-order valence-corrected chi connectivity index (χ1v) is 17.8. The van der Waals surface area contributed by atoms with E-state index in [4.69, 9.17) is 0 Å². The molecule has 6 unspecified atom stereocenters. The zero-order chi connectivity index (χ0) is 27.9. The molecule has 10 atom stereocenters. The summed E-state index contributed by atoms with van der Waals surface area (Å²) >= 11 is 0. The van der Waals surface area contributed by atoms with E-state index in [1.807, 2.05) is 14.1 Å². The molecule has 0 saturated heterocycles. The highest BCUT2D eigenvalue weighted by atomic mass is 32.2. The van der Waals surface area contributed by atoms with Crippen molar-refractivity contribution in [2.75, 3.05) is 27.2 Å². The molecule has 0 aliphatic heterocycles. The van der Waals surface area contributed by atoms with Crippen molar-refractivity contribution in [2.45, 2.75) is 130 Å². The van der Waals surface area contributed by atoms with Crippen molar-refractivity contribution in [1.29, 1.82) is 0 Å². The number of rotatable bonds is 11. The molecule has 0 aromatic carbocycles. The summed E-state index contributed by atoms with van der Waals surface area (Å²) in [6.45, 7) is 13.7. The largest absolute Gasteiger partial charge is 0.319 e. The number of fused-ring (bicyclic) bond motifs is 5. The molecule has 4 aliphatic carbocycles. The van der Waals surface area contributed by atoms with E-state index < -0.39 is 15.5 Å². The molecular formula is C32H61N2O3S+. The third-order valence-corrected chi connectivity index (χ3v) is 14.4. The van der Waals surface area contributed by atoms with Crippen LogP contribution in [0.1, 0.15) is 118 Å². The summed E-state index contributed by atoms with van der Waals surface area (Å²) in [5.41, 5.74) is 1.05. The molecule has 0 radical (unpaired) electrons. The highest BCUT2D eigenvalue weighted by molar-refractivity contribution is 7.86. The summed E-state index contributed by atoms with van der Waals surface area (Å²) < 4.78 is 34.7. The van der Waals surface area contributed by atoms with Crippen LogP contribution in [0.15, 0.2) is 0 Å². The van der Waals surface area contributed by atoms with Crippen LogP contribution in [-0.4, -0.2) is 56.1 Å². The molecule has 4 fully saturated rings. The first-order valence-electron chi connectivity index (χ1n) is 16.3. The number of quaternary nitrogens is 1. The lowest BCUT2D eigenvalue weighted by Gasteiger charge is -2.61. The van der Waals surface area contributed by atoms with Gasteiger partial charge in [0.25, 0.3) is 0 Å². The van der Waals surface area contributed by atoms with Gasteiger partial charge < -0.3 is 9.80 Å². The fourth-order valence-electron chi connectivity index (χ4n) is 11.1. The van der Waals surface area contributed by atoms with E-state index in [9.17, 15) is 13.0 Å². The van der Waals surface area contributed by atoms with Crippen molar-refractivity contribution in [2.24, 2.45) is 46.3 Å². The van der Waals surface area contributed by atoms with E-state index in [0.717, 1.165) is 48.5 Å². The molecule has 4 saturated carbocycles. The minimum atomic E-state index is -4.08. The monoisotopic (exact) mass is 553 g/mol. The summed E-state index contributed by atoms with van der Waals surface area (Å²) in [6.07, 6.45) is 16.5. The average molecular weight is 554 g/mol. The minimum absolute atomic E-state index is 0.323. The van der Waals surface area contributed by atoms with Crippen LogP contribution < -0.4 is 5.32 Å². The molecule has 222 valence electrons. The molecule has 38 heavy (non-hydrogen) atoms. The van der Waals surface area contributed by atoms with Gasteiger partial charge in [0.05, 0.1) is 20.6 Å². The van der Waals surface area contributed by atoms with E-state index in [1.54, 1.807) is 0 Å². The highest BCUT2D eigenvalue weighted by Crippen LogP contribution is 2.68. The topological polar surface area (TPSA) is 66.4 Å². The third kappa shape index (κ3) is 5.77. The van der Waals surface area contributed by atoms with Gasteiger partial charge in [0.15, 0.2) is 0 Å². The number of hydrogen-bond donors (Lipinski definition) is 2. The molecule has 0 aromatic rings. The van der Waals surface area contributed by atoms with Crippen LogP contribution in [0.2, 0.25) is 0 Å². The van der Waals surface area contributed by atoms with Gasteiger partial charge in [-0.1, -0.05) is 47.5 Å². The third-order valence-electron chi connectivity index (χ3n) is 12.9. The summed E-state index contributed by atoms with van der Waals surface area (Å²) in [6, 6.07) is 0.480. The fraction of sp³-hybridized carbons (Fsp3) is 1.00. The van der Waals surface area contributed by atoms with Crippen LogP contribution in [-0.2, 0) is 10.1 Å². The van der Waals surface area contributed by atoms with Crippen LogP contribution in [0.4, 0.5) is 0 Å². The van der Waals surface area contributed by atoms with Gasteiger partial charge in [-0.25, -0.2) is 0 Å². The number of nitrogens with zero attached hydrogens (tertiary/aromatic N) is 1. The normalized spacial score (nSPS) is 41.2. The fourth-order valence-corrected chi connectivity index (χ4v) is 12.3. The molecule has 0 aromatic heterocycles. The molecule has 5 nitrogen and oxygen atoms in total. The smallest absolute Gasteiger partial charge is 0.314 e. The number of nitrogens with one attached hydrogen (secondary N) is 1. The summed E-state index contributed by atoms with van der Waals surface area (Å²) in [7, 11) is -0.225. The molecule has 4 rings (SSSR count). The zero-order valence-electron chi connectivity index (χ0n) is 25.8. The molecule has 0 bridgehead atoms. The first-order chi connectivity index (χ1) is 17.8. The lowest BCUT2D eigenvalue weighted by atomic mass is 9.44. The van der Waals surface area contributed by atoms with E-state index >= 15 is 0 Å². The maximum atomic E-state index is 12.2. The van der Waals surface area contributed by atoms with Crippen molar-refractivity contribution in [3.8, 4) is 0 Å². The average Bonchev–Trinajstić information content (AvgIpc) is 3.18. The Labute approximate surface area is 235 Å². The maximum Gasteiger partial charge on any atom is 0.319 e. The van der Waals surface area contributed by atoms with Crippen molar-refractivity contribution in [3.63, 3.8) is 0 Å². The Morgan fingerprint density at radius 1 is 0.921 bits per heavy atom. The second kappa shape index (κ2) is 11.6. The summed E-state index contributed by atoms with van der Waals surface area (Å²) in [4.78, 5) is 0. The molecule has 4 aliphatic rings.